The quantitative estimate of drug-likeness (QED) is 0.542. The number of thiazole rings is 1. The van der Waals surface area contributed by atoms with Crippen LogP contribution in [0.3, 0.4) is 0 Å². The second-order valence-corrected chi connectivity index (χ2v) is 6.42. The van der Waals surface area contributed by atoms with Crippen LogP contribution in [-0.2, 0) is 0 Å². The highest BCUT2D eigenvalue weighted by Crippen LogP contribution is 2.35. The van der Waals surface area contributed by atoms with Crippen LogP contribution in [0.2, 0.25) is 0 Å². The molecule has 20 heavy (non-hydrogen) atoms. The molecule has 0 bridgehead atoms. The highest BCUT2D eigenvalue weighted by Gasteiger charge is 2.16. The molecule has 0 amide bonds. The molecule has 2 aliphatic rings. The van der Waals surface area contributed by atoms with Gasteiger partial charge < -0.3 is 0 Å². The summed E-state index contributed by atoms with van der Waals surface area (Å²) in [5.41, 5.74) is 1.97. The molecule has 0 radical (unpaired) electrons. The molecular weight excluding hydrogens is 290 g/mol. The van der Waals surface area contributed by atoms with E-state index < -0.39 is 0 Å². The molecule has 0 unspecified atom stereocenters. The van der Waals surface area contributed by atoms with Gasteiger partial charge in [-0.25, -0.2) is 4.68 Å². The number of fused-ring (bicyclic) bond motifs is 2. The molecule has 0 atom stereocenters. The van der Waals surface area contributed by atoms with Crippen LogP contribution in [0.4, 0.5) is 0 Å². The molecule has 1 aromatic heterocycles. The first kappa shape index (κ1) is 11.7. The lowest BCUT2D eigenvalue weighted by Gasteiger charge is -2.02. The number of nitrogens with zero attached hydrogens (tertiary/aromatic N) is 3. The standard InChI is InChI=1S/C14H9N3OS2/c1-8-10-7-11-12(15-14(18)19-11)20-13(10)17(16-8)9-5-3-2-4-6-9/h2-7H,1H3. The van der Waals surface area contributed by atoms with Gasteiger partial charge in [-0.1, -0.05) is 40.9 Å². The van der Waals surface area contributed by atoms with Crippen LogP contribution in [-0.4, -0.2) is 14.8 Å². The molecule has 0 aliphatic carbocycles. The van der Waals surface area contributed by atoms with Gasteiger partial charge in [0, 0.05) is 5.39 Å². The minimum Gasteiger partial charge on any atom is -0.255 e. The van der Waals surface area contributed by atoms with E-state index in [2.05, 4.69) is 10.1 Å². The fourth-order valence-corrected chi connectivity index (χ4v) is 4.18. The lowest BCUT2D eigenvalue weighted by atomic mass is 10.3. The monoisotopic (exact) mass is 299 g/mol. The van der Waals surface area contributed by atoms with Crippen LogP contribution >= 0.6 is 22.7 Å². The minimum absolute atomic E-state index is 0.138. The first-order chi connectivity index (χ1) is 9.72. The molecule has 0 saturated carbocycles. The van der Waals surface area contributed by atoms with Crippen LogP contribution in [0.5, 0.6) is 0 Å². The lowest BCUT2D eigenvalue weighted by molar-refractivity contribution is 0.894. The Morgan fingerprint density at radius 2 is 1.95 bits per heavy atom. The molecule has 4 nitrogen and oxygen atoms in total. The average molecular weight is 299 g/mol. The number of hydrogen-bond acceptors (Lipinski definition) is 5. The van der Waals surface area contributed by atoms with Crippen molar-refractivity contribution in [1.82, 2.24) is 14.8 Å². The summed E-state index contributed by atoms with van der Waals surface area (Å²) in [4.78, 5) is 17.3. The predicted molar refractivity (Wildman–Crippen MR) is 82.2 cm³/mol. The SMILES string of the molecule is Cc1nn(-c2ccccc2)c2sc3nc(=O)sc-3cc12. The maximum atomic E-state index is 11.4. The van der Waals surface area contributed by atoms with E-state index in [0.717, 1.165) is 31.5 Å². The van der Waals surface area contributed by atoms with Gasteiger partial charge in [-0.2, -0.15) is 10.1 Å². The van der Waals surface area contributed by atoms with Gasteiger partial charge in [0.15, 0.2) is 0 Å². The van der Waals surface area contributed by atoms with Crippen molar-refractivity contribution in [1.29, 1.82) is 0 Å². The number of rotatable bonds is 1. The molecule has 4 rings (SSSR count). The first-order valence-electron chi connectivity index (χ1n) is 6.08. The number of aryl methyl sites for hydroxylation is 1. The van der Waals surface area contributed by atoms with E-state index >= 15 is 0 Å². The van der Waals surface area contributed by atoms with Crippen molar-refractivity contribution in [3.05, 3.63) is 51.8 Å². The Bertz CT molecular complexity index is 936. The molecule has 0 spiro atoms. The zero-order valence-electron chi connectivity index (χ0n) is 10.5. The van der Waals surface area contributed by atoms with Gasteiger partial charge in [-0.3, -0.25) is 4.79 Å². The number of benzene rings is 1. The number of hydrogen-bond donors (Lipinski definition) is 0. The highest BCUT2D eigenvalue weighted by atomic mass is 32.1. The third-order valence-electron chi connectivity index (χ3n) is 3.13. The fraction of sp³-hybridized carbons (Fsp3) is 0.0714. The smallest absolute Gasteiger partial charge is 0.255 e. The second-order valence-electron chi connectivity index (χ2n) is 4.45. The van der Waals surface area contributed by atoms with Gasteiger partial charge >= 0.3 is 4.87 Å². The Balaban J connectivity index is 2.11. The van der Waals surface area contributed by atoms with Gasteiger partial charge in [0.05, 0.1) is 16.3 Å². The molecule has 2 aromatic rings. The summed E-state index contributed by atoms with van der Waals surface area (Å²) < 4.78 is 1.92. The van der Waals surface area contributed by atoms with Crippen LogP contribution in [0.1, 0.15) is 5.69 Å². The highest BCUT2D eigenvalue weighted by molar-refractivity contribution is 7.25. The van der Waals surface area contributed by atoms with Crippen molar-refractivity contribution >= 4 is 32.9 Å². The Labute approximate surface area is 122 Å². The number of aromatic nitrogens is 3. The number of para-hydroxylation sites is 1. The summed E-state index contributed by atoms with van der Waals surface area (Å²) in [5, 5.41) is 6.47. The molecule has 0 saturated heterocycles. The van der Waals surface area contributed by atoms with Crippen LogP contribution in [0.15, 0.2) is 41.2 Å². The van der Waals surface area contributed by atoms with Gasteiger partial charge in [-0.15, -0.1) is 0 Å². The van der Waals surface area contributed by atoms with Crippen molar-refractivity contribution in [2.45, 2.75) is 6.92 Å². The first-order valence-corrected chi connectivity index (χ1v) is 7.71. The van der Waals surface area contributed by atoms with E-state index in [1.807, 2.05) is 48.0 Å². The van der Waals surface area contributed by atoms with Crippen molar-refractivity contribution in [3.8, 4) is 15.6 Å². The minimum atomic E-state index is -0.138. The van der Waals surface area contributed by atoms with E-state index in [0.29, 0.717) is 0 Å². The molecule has 6 heteroatoms. The van der Waals surface area contributed by atoms with Crippen molar-refractivity contribution in [3.63, 3.8) is 0 Å². The van der Waals surface area contributed by atoms with Crippen molar-refractivity contribution < 1.29 is 0 Å². The lowest BCUT2D eigenvalue weighted by Crippen LogP contribution is -1.95. The van der Waals surface area contributed by atoms with E-state index in [1.165, 1.54) is 22.7 Å². The zero-order chi connectivity index (χ0) is 13.7. The maximum absolute atomic E-state index is 11.4. The Kier molecular flexibility index (Phi) is 2.48. The zero-order valence-corrected chi connectivity index (χ0v) is 12.2. The predicted octanol–water partition coefficient (Wildman–Crippen LogP) is 3.32. The van der Waals surface area contributed by atoms with Gasteiger partial charge in [0.2, 0.25) is 0 Å². The van der Waals surface area contributed by atoms with Crippen molar-refractivity contribution in [2.24, 2.45) is 0 Å². The fourth-order valence-electron chi connectivity index (χ4n) is 2.21. The molecule has 98 valence electrons. The summed E-state index contributed by atoms with van der Waals surface area (Å²) in [7, 11) is 0. The van der Waals surface area contributed by atoms with Crippen LogP contribution in [0, 0.1) is 6.92 Å². The van der Waals surface area contributed by atoms with E-state index in [-0.39, 0.29) is 4.87 Å². The van der Waals surface area contributed by atoms with Gasteiger partial charge in [-0.05, 0) is 25.1 Å². The Hall–Kier alpha value is -2.05. The summed E-state index contributed by atoms with van der Waals surface area (Å²) in [6.45, 7) is 1.99. The van der Waals surface area contributed by atoms with Gasteiger partial charge in [0.25, 0.3) is 0 Å². The van der Waals surface area contributed by atoms with E-state index in [9.17, 15) is 4.79 Å². The topological polar surface area (TPSA) is 47.8 Å². The third-order valence-corrected chi connectivity index (χ3v) is 5.15. The molecule has 0 fully saturated rings. The average Bonchev–Trinajstić information content (AvgIpc) is 2.97. The summed E-state index contributed by atoms with van der Waals surface area (Å²) in [5.74, 6) is 0. The summed E-state index contributed by atoms with van der Waals surface area (Å²) >= 11 is 2.70. The Morgan fingerprint density at radius 1 is 1.15 bits per heavy atom. The molecule has 2 aliphatic heterocycles. The molecular formula is C14H9N3OS2. The molecule has 3 heterocycles. The summed E-state index contributed by atoms with van der Waals surface area (Å²) in [6, 6.07) is 12.0. The third kappa shape index (κ3) is 1.69. The maximum Gasteiger partial charge on any atom is 0.328 e. The normalized spacial score (nSPS) is 11.4. The van der Waals surface area contributed by atoms with Crippen LogP contribution in [0.25, 0.3) is 25.8 Å². The summed E-state index contributed by atoms with van der Waals surface area (Å²) in [6.07, 6.45) is 0. The van der Waals surface area contributed by atoms with Crippen molar-refractivity contribution in [2.75, 3.05) is 0 Å². The second kappa shape index (κ2) is 4.22. The van der Waals surface area contributed by atoms with E-state index in [1.54, 1.807) is 0 Å². The molecule has 1 aromatic carbocycles. The van der Waals surface area contributed by atoms with Crippen LogP contribution < -0.4 is 4.87 Å². The van der Waals surface area contributed by atoms with Gasteiger partial charge in [0.1, 0.15) is 9.84 Å². The van der Waals surface area contributed by atoms with E-state index in [4.69, 9.17) is 0 Å². The molecule has 0 N–H and O–H groups in total. The Morgan fingerprint density at radius 3 is 2.75 bits per heavy atom. The largest absolute Gasteiger partial charge is 0.328 e.